The zero-order chi connectivity index (χ0) is 13.1. The van der Waals surface area contributed by atoms with E-state index >= 15 is 0 Å². The number of aromatic nitrogens is 2. The van der Waals surface area contributed by atoms with Gasteiger partial charge in [0.1, 0.15) is 17.5 Å². The maximum atomic E-state index is 5.43. The lowest BCUT2D eigenvalue weighted by Gasteiger charge is -2.12. The van der Waals surface area contributed by atoms with Crippen molar-refractivity contribution in [3.8, 4) is 0 Å². The average molecular weight is 308 g/mol. The molecule has 0 aliphatic carbocycles. The molecule has 2 rings (SSSR count). The summed E-state index contributed by atoms with van der Waals surface area (Å²) in [5.41, 5.74) is 4.40. The van der Waals surface area contributed by atoms with Crippen LogP contribution in [0.25, 0.3) is 0 Å². The summed E-state index contributed by atoms with van der Waals surface area (Å²) in [7, 11) is 0. The first-order valence-corrected chi connectivity index (χ1v) is 6.24. The van der Waals surface area contributed by atoms with E-state index in [9.17, 15) is 0 Å². The van der Waals surface area contributed by atoms with Gasteiger partial charge in [-0.3, -0.25) is 0 Å². The van der Waals surface area contributed by atoms with E-state index in [1.807, 2.05) is 38.1 Å². The molecule has 0 saturated heterocycles. The Morgan fingerprint density at radius 3 is 2.56 bits per heavy atom. The van der Waals surface area contributed by atoms with Gasteiger partial charge in [-0.25, -0.2) is 15.8 Å². The highest BCUT2D eigenvalue weighted by molar-refractivity contribution is 9.10. The van der Waals surface area contributed by atoms with Crippen LogP contribution in [0.15, 0.2) is 28.7 Å². The van der Waals surface area contributed by atoms with E-state index in [0.29, 0.717) is 11.6 Å². The predicted octanol–water partition coefficient (Wildman–Crippen LogP) is 2.89. The fraction of sp³-hybridized carbons (Fsp3) is 0.167. The average Bonchev–Trinajstić information content (AvgIpc) is 2.33. The minimum Gasteiger partial charge on any atom is -0.340 e. The number of nitrogens with zero attached hydrogens (tertiary/aromatic N) is 2. The standard InChI is InChI=1S/C12H14BrN5/c1-7-11(15-8(2)16-12(7)18-14)17-10-5-3-4-9(13)6-10/h3-6H,14H2,1-2H3,(H2,15,16,17,18). The van der Waals surface area contributed by atoms with Gasteiger partial charge >= 0.3 is 0 Å². The Labute approximate surface area is 114 Å². The second-order valence-corrected chi connectivity index (χ2v) is 4.79. The van der Waals surface area contributed by atoms with Crippen LogP contribution < -0.4 is 16.6 Å². The molecule has 1 heterocycles. The highest BCUT2D eigenvalue weighted by Gasteiger charge is 2.08. The Bertz CT molecular complexity index is 570. The minimum absolute atomic E-state index is 0.625. The molecule has 5 nitrogen and oxygen atoms in total. The fourth-order valence-electron chi connectivity index (χ4n) is 1.59. The van der Waals surface area contributed by atoms with Crippen molar-refractivity contribution in [3.63, 3.8) is 0 Å². The van der Waals surface area contributed by atoms with Crippen molar-refractivity contribution in [1.29, 1.82) is 0 Å². The number of aryl methyl sites for hydroxylation is 1. The molecule has 0 amide bonds. The maximum Gasteiger partial charge on any atom is 0.148 e. The molecule has 0 saturated carbocycles. The number of halogens is 1. The van der Waals surface area contributed by atoms with Gasteiger partial charge in [0.15, 0.2) is 0 Å². The third kappa shape index (κ3) is 2.77. The first-order chi connectivity index (χ1) is 8.60. The molecule has 0 radical (unpaired) electrons. The van der Waals surface area contributed by atoms with Gasteiger partial charge in [-0.15, -0.1) is 0 Å². The highest BCUT2D eigenvalue weighted by Crippen LogP contribution is 2.24. The van der Waals surface area contributed by atoms with Crippen LogP contribution in [0.5, 0.6) is 0 Å². The summed E-state index contributed by atoms with van der Waals surface area (Å²) in [4.78, 5) is 8.59. The zero-order valence-corrected chi connectivity index (χ0v) is 11.7. The third-order valence-corrected chi connectivity index (χ3v) is 2.97. The van der Waals surface area contributed by atoms with Crippen LogP contribution in [-0.2, 0) is 0 Å². The zero-order valence-electron chi connectivity index (χ0n) is 10.2. The van der Waals surface area contributed by atoms with Crippen LogP contribution in [-0.4, -0.2) is 9.97 Å². The summed E-state index contributed by atoms with van der Waals surface area (Å²) in [6.07, 6.45) is 0. The second kappa shape index (κ2) is 5.32. The lowest BCUT2D eigenvalue weighted by molar-refractivity contribution is 1.03. The van der Waals surface area contributed by atoms with Gasteiger partial charge in [0.2, 0.25) is 0 Å². The van der Waals surface area contributed by atoms with Gasteiger partial charge in [0, 0.05) is 15.7 Å². The van der Waals surface area contributed by atoms with E-state index in [1.54, 1.807) is 0 Å². The third-order valence-electron chi connectivity index (χ3n) is 2.48. The van der Waals surface area contributed by atoms with Crippen molar-refractivity contribution in [2.75, 3.05) is 10.7 Å². The quantitative estimate of drug-likeness (QED) is 0.600. The van der Waals surface area contributed by atoms with Crippen molar-refractivity contribution in [3.05, 3.63) is 40.1 Å². The molecule has 0 unspecified atom stereocenters. The molecular weight excluding hydrogens is 294 g/mol. The first kappa shape index (κ1) is 12.8. The Balaban J connectivity index is 2.37. The summed E-state index contributed by atoms with van der Waals surface area (Å²) >= 11 is 3.43. The largest absolute Gasteiger partial charge is 0.340 e. The molecule has 1 aromatic carbocycles. The molecule has 1 aromatic heterocycles. The van der Waals surface area contributed by atoms with Crippen molar-refractivity contribution in [2.45, 2.75) is 13.8 Å². The van der Waals surface area contributed by atoms with Gasteiger partial charge in [-0.2, -0.15) is 0 Å². The molecule has 0 aliphatic heterocycles. The molecule has 2 aromatic rings. The smallest absolute Gasteiger partial charge is 0.148 e. The second-order valence-electron chi connectivity index (χ2n) is 3.87. The fourth-order valence-corrected chi connectivity index (χ4v) is 1.99. The monoisotopic (exact) mass is 307 g/mol. The Kier molecular flexibility index (Phi) is 3.78. The molecule has 6 heteroatoms. The van der Waals surface area contributed by atoms with Crippen LogP contribution >= 0.6 is 15.9 Å². The van der Waals surface area contributed by atoms with E-state index in [0.717, 1.165) is 21.5 Å². The molecule has 94 valence electrons. The van der Waals surface area contributed by atoms with Gasteiger partial charge in [0.05, 0.1) is 0 Å². The van der Waals surface area contributed by atoms with Crippen molar-refractivity contribution in [2.24, 2.45) is 5.84 Å². The number of hydrazine groups is 1. The number of nitrogens with one attached hydrogen (secondary N) is 2. The molecule has 4 N–H and O–H groups in total. The summed E-state index contributed by atoms with van der Waals surface area (Å²) < 4.78 is 1.01. The SMILES string of the molecule is Cc1nc(NN)c(C)c(Nc2cccc(Br)c2)n1. The van der Waals surface area contributed by atoms with Gasteiger partial charge in [-0.05, 0) is 32.0 Å². The van der Waals surface area contributed by atoms with E-state index < -0.39 is 0 Å². The van der Waals surface area contributed by atoms with Crippen LogP contribution in [0, 0.1) is 13.8 Å². The minimum atomic E-state index is 0.625. The Hall–Kier alpha value is -1.66. The maximum absolute atomic E-state index is 5.43. The molecule has 0 aliphatic rings. The van der Waals surface area contributed by atoms with Crippen LogP contribution in [0.3, 0.4) is 0 Å². The van der Waals surface area contributed by atoms with E-state index in [2.05, 4.69) is 36.6 Å². The molecule has 0 spiro atoms. The van der Waals surface area contributed by atoms with Crippen molar-refractivity contribution < 1.29 is 0 Å². The molecule has 18 heavy (non-hydrogen) atoms. The molecule has 0 bridgehead atoms. The van der Waals surface area contributed by atoms with Gasteiger partial charge in [-0.1, -0.05) is 22.0 Å². The van der Waals surface area contributed by atoms with Crippen molar-refractivity contribution in [1.82, 2.24) is 9.97 Å². The van der Waals surface area contributed by atoms with Crippen LogP contribution in [0.2, 0.25) is 0 Å². The number of rotatable bonds is 3. The number of anilines is 3. The van der Waals surface area contributed by atoms with Crippen molar-refractivity contribution >= 4 is 33.3 Å². The summed E-state index contributed by atoms with van der Waals surface area (Å²) in [6, 6.07) is 7.87. The number of benzene rings is 1. The topological polar surface area (TPSA) is 75.9 Å². The van der Waals surface area contributed by atoms with Gasteiger partial charge in [0.25, 0.3) is 0 Å². The normalized spacial score (nSPS) is 10.2. The molecular formula is C12H14BrN5. The van der Waals surface area contributed by atoms with E-state index in [-0.39, 0.29) is 0 Å². The first-order valence-electron chi connectivity index (χ1n) is 5.44. The van der Waals surface area contributed by atoms with Crippen LogP contribution in [0.4, 0.5) is 17.3 Å². The summed E-state index contributed by atoms with van der Waals surface area (Å²) in [5, 5.41) is 3.25. The number of nitrogens with two attached hydrogens (primary N) is 1. The Morgan fingerprint density at radius 1 is 1.17 bits per heavy atom. The number of hydrogen-bond donors (Lipinski definition) is 3. The predicted molar refractivity (Wildman–Crippen MR) is 76.7 cm³/mol. The van der Waals surface area contributed by atoms with E-state index in [4.69, 9.17) is 5.84 Å². The molecule has 0 atom stereocenters. The number of nitrogen functional groups attached to an aromatic ring is 1. The molecule has 0 fully saturated rings. The van der Waals surface area contributed by atoms with Gasteiger partial charge < -0.3 is 10.7 Å². The van der Waals surface area contributed by atoms with Crippen LogP contribution in [0.1, 0.15) is 11.4 Å². The van der Waals surface area contributed by atoms with E-state index in [1.165, 1.54) is 0 Å². The summed E-state index contributed by atoms with van der Waals surface area (Å²) in [6.45, 7) is 3.74. The lowest BCUT2D eigenvalue weighted by Crippen LogP contribution is -2.13. The summed E-state index contributed by atoms with van der Waals surface area (Å²) in [5.74, 6) is 7.46. The highest BCUT2D eigenvalue weighted by atomic mass is 79.9. The Morgan fingerprint density at radius 2 is 1.89 bits per heavy atom. The number of hydrogen-bond acceptors (Lipinski definition) is 5. The lowest BCUT2D eigenvalue weighted by atomic mass is 10.2.